The van der Waals surface area contributed by atoms with Crippen LogP contribution in [0.25, 0.3) is 0 Å². The van der Waals surface area contributed by atoms with E-state index in [0.29, 0.717) is 55.6 Å². The number of carbonyl (C=O) groups is 8. The Morgan fingerprint density at radius 1 is 0.767 bits per heavy atom. The Hall–Kier alpha value is -5.34. The molecule has 2 rings (SSSR count). The zero-order chi connectivity index (χ0) is 44.5. The van der Waals surface area contributed by atoms with Crippen molar-refractivity contribution in [1.82, 2.24) is 26.3 Å². The summed E-state index contributed by atoms with van der Waals surface area (Å²) in [6, 6.07) is 3.88. The molecule has 0 bridgehead atoms. The molecular weight excluding hydrogens is 786 g/mol. The maximum atomic E-state index is 13.5. The minimum absolute atomic E-state index is 0.0190. The lowest BCUT2D eigenvalue weighted by atomic mass is 9.93. The number of hydroxylamine groups is 2. The zero-order valence-corrected chi connectivity index (χ0v) is 35.4. The number of primary amides is 1. The van der Waals surface area contributed by atoms with Crippen molar-refractivity contribution in [2.75, 3.05) is 58.0 Å². The number of nitrogens with one attached hydrogen (secondary N) is 5. The first-order chi connectivity index (χ1) is 28.4. The zero-order valence-electron chi connectivity index (χ0n) is 35.4. The summed E-state index contributed by atoms with van der Waals surface area (Å²) in [6.45, 7) is 12.0. The van der Waals surface area contributed by atoms with Crippen molar-refractivity contribution < 1.29 is 62.1 Å². The van der Waals surface area contributed by atoms with Gasteiger partial charge in [-0.15, -0.1) is 5.06 Å². The average Bonchev–Trinajstić information content (AvgIpc) is 3.49. The van der Waals surface area contributed by atoms with E-state index in [0.717, 1.165) is 6.42 Å². The number of nitrogens with zero attached hydrogens (tertiary/aromatic N) is 1. The molecule has 7 N–H and O–H groups in total. The quantitative estimate of drug-likeness (QED) is 0.0522. The summed E-state index contributed by atoms with van der Waals surface area (Å²) in [5.74, 6) is -4.04. The number of ether oxygens (including phenoxy) is 4. The van der Waals surface area contributed by atoms with E-state index in [9.17, 15) is 38.4 Å². The van der Waals surface area contributed by atoms with Gasteiger partial charge in [-0.1, -0.05) is 46.8 Å². The smallest absolute Gasteiger partial charge is 0.407 e. The summed E-state index contributed by atoms with van der Waals surface area (Å²) >= 11 is 0. The molecule has 8 amide bonds. The summed E-state index contributed by atoms with van der Waals surface area (Å²) in [5, 5.41) is 13.7. The van der Waals surface area contributed by atoms with Gasteiger partial charge >= 0.3 is 18.1 Å². The molecule has 0 spiro atoms. The van der Waals surface area contributed by atoms with E-state index in [-0.39, 0.29) is 76.3 Å². The Balaban J connectivity index is 1.82. The third-order valence-corrected chi connectivity index (χ3v) is 8.72. The van der Waals surface area contributed by atoms with Crippen LogP contribution in [0.5, 0.6) is 0 Å². The number of benzene rings is 1. The molecule has 1 aromatic rings. The van der Waals surface area contributed by atoms with Gasteiger partial charge in [-0.25, -0.2) is 14.4 Å². The molecule has 0 unspecified atom stereocenters. The lowest BCUT2D eigenvalue weighted by molar-refractivity contribution is -0.198. The molecular formula is C40H63N7O13. The monoisotopic (exact) mass is 849 g/mol. The van der Waals surface area contributed by atoms with E-state index in [1.165, 1.54) is 0 Å². The number of rotatable bonds is 28. The Morgan fingerprint density at radius 2 is 1.40 bits per heavy atom. The van der Waals surface area contributed by atoms with Gasteiger partial charge in [0.2, 0.25) is 17.7 Å². The van der Waals surface area contributed by atoms with Crippen molar-refractivity contribution in [3.05, 3.63) is 29.8 Å². The second-order valence-corrected chi connectivity index (χ2v) is 15.5. The van der Waals surface area contributed by atoms with Crippen LogP contribution in [-0.2, 0) is 59.2 Å². The van der Waals surface area contributed by atoms with Gasteiger partial charge in [0.25, 0.3) is 11.8 Å². The van der Waals surface area contributed by atoms with Gasteiger partial charge in [0, 0.05) is 44.6 Å². The molecule has 1 aliphatic rings. The third-order valence-electron chi connectivity index (χ3n) is 8.72. The van der Waals surface area contributed by atoms with E-state index in [1.54, 1.807) is 38.1 Å². The van der Waals surface area contributed by atoms with Crippen LogP contribution >= 0.6 is 0 Å². The molecule has 2 atom stereocenters. The molecule has 0 aliphatic carbocycles. The lowest BCUT2D eigenvalue weighted by Crippen LogP contribution is -2.54. The first-order valence-corrected chi connectivity index (χ1v) is 20.2. The number of hydrogen-bond acceptors (Lipinski definition) is 13. The number of amides is 8. The number of hydrogen-bond donors (Lipinski definition) is 6. The molecule has 1 aliphatic heterocycles. The van der Waals surface area contributed by atoms with Crippen LogP contribution in [0.4, 0.5) is 15.3 Å². The fourth-order valence-corrected chi connectivity index (χ4v) is 5.26. The molecule has 1 saturated heterocycles. The van der Waals surface area contributed by atoms with Gasteiger partial charge < -0.3 is 56.1 Å². The topological polar surface area (TPSA) is 272 Å². The Kier molecular flexibility index (Phi) is 23.2. The van der Waals surface area contributed by atoms with E-state index in [1.807, 2.05) is 0 Å². The predicted octanol–water partition coefficient (Wildman–Crippen LogP) is 2.19. The van der Waals surface area contributed by atoms with Gasteiger partial charge in [-0.3, -0.25) is 24.0 Å². The fraction of sp³-hybridized carbons (Fsp3) is 0.650. The minimum Gasteiger partial charge on any atom is -0.445 e. The standard InChI is InChI=1S/C40H63N7O13/c1-27(2)35(46-31(48)15-20-56-21-16-34(51)60-47-32(49)13-14-33(47)50)37(53)45-30(8-6-7-18-42-38(41)54)36(52)44-29-11-9-28(10-12-29)26-59-39(55)43-19-23-58-25-24-57-22-17-40(3,4)5/h9-12,27,30,35H,6-8,13-26H2,1-5H3,(H,43,55)(H,44,52)(H,45,53)(H,46,48)(H3,41,42,54)/t30-,35-/m1/s1. The van der Waals surface area contributed by atoms with Crippen LogP contribution in [0.2, 0.25) is 0 Å². The Labute approximate surface area is 350 Å². The van der Waals surface area contributed by atoms with Crippen molar-refractivity contribution in [1.29, 1.82) is 0 Å². The number of carbonyl (C=O) groups excluding carboxylic acids is 8. The van der Waals surface area contributed by atoms with E-state index in [2.05, 4.69) is 47.4 Å². The van der Waals surface area contributed by atoms with Crippen molar-refractivity contribution in [3.63, 3.8) is 0 Å². The fourth-order valence-electron chi connectivity index (χ4n) is 5.26. The number of imide groups is 1. The highest BCUT2D eigenvalue weighted by Crippen LogP contribution is 2.18. The van der Waals surface area contributed by atoms with E-state index in [4.69, 9.17) is 29.5 Å². The van der Waals surface area contributed by atoms with Crippen LogP contribution in [0.1, 0.15) is 91.5 Å². The summed E-state index contributed by atoms with van der Waals surface area (Å²) in [5.41, 5.74) is 6.43. The van der Waals surface area contributed by atoms with Crippen LogP contribution in [0.3, 0.4) is 0 Å². The molecule has 336 valence electrons. The summed E-state index contributed by atoms with van der Waals surface area (Å²) in [4.78, 5) is 103. The molecule has 1 fully saturated rings. The third kappa shape index (κ3) is 22.1. The largest absolute Gasteiger partial charge is 0.445 e. The van der Waals surface area contributed by atoms with Gasteiger partial charge in [-0.2, -0.15) is 0 Å². The number of alkyl carbamates (subject to hydrolysis) is 1. The van der Waals surface area contributed by atoms with Gasteiger partial charge in [-0.05, 0) is 54.7 Å². The van der Waals surface area contributed by atoms with Gasteiger partial charge in [0.1, 0.15) is 18.7 Å². The summed E-state index contributed by atoms with van der Waals surface area (Å²) in [6.07, 6.45) is 0.976. The van der Waals surface area contributed by atoms with Crippen molar-refractivity contribution >= 4 is 53.3 Å². The first-order valence-electron chi connectivity index (χ1n) is 20.2. The van der Waals surface area contributed by atoms with Crippen molar-refractivity contribution in [2.45, 2.75) is 105 Å². The number of nitrogens with two attached hydrogens (primary N) is 1. The second-order valence-electron chi connectivity index (χ2n) is 15.5. The predicted molar refractivity (Wildman–Crippen MR) is 216 cm³/mol. The van der Waals surface area contributed by atoms with E-state index >= 15 is 0 Å². The maximum Gasteiger partial charge on any atom is 0.407 e. The first kappa shape index (κ1) is 50.8. The molecule has 20 nitrogen and oxygen atoms in total. The Morgan fingerprint density at radius 3 is 2.03 bits per heavy atom. The summed E-state index contributed by atoms with van der Waals surface area (Å²) < 4.78 is 21.6. The number of anilines is 1. The molecule has 20 heteroatoms. The highest BCUT2D eigenvalue weighted by molar-refractivity contribution is 6.01. The Bertz CT molecular complexity index is 1550. The highest BCUT2D eigenvalue weighted by atomic mass is 16.7. The van der Waals surface area contributed by atoms with Gasteiger partial charge in [0.15, 0.2) is 0 Å². The van der Waals surface area contributed by atoms with Crippen LogP contribution in [0.15, 0.2) is 24.3 Å². The molecule has 1 heterocycles. The normalized spacial score (nSPS) is 13.7. The molecule has 0 aromatic heterocycles. The molecule has 0 radical (unpaired) electrons. The minimum atomic E-state index is -1.02. The average molecular weight is 850 g/mol. The molecule has 1 aromatic carbocycles. The SMILES string of the molecule is CC(C)[C@@H](NC(=O)CCOCCC(=O)ON1C(=O)CCC1=O)C(=O)N[C@H](CCCCNC(N)=O)C(=O)Nc1ccc(COC(=O)NCCOCCOCCC(C)(C)C)cc1. The lowest BCUT2D eigenvalue weighted by Gasteiger charge is -2.25. The van der Waals surface area contributed by atoms with Gasteiger partial charge in [0.05, 0.1) is 39.5 Å². The molecule has 0 saturated carbocycles. The van der Waals surface area contributed by atoms with E-state index < -0.39 is 59.7 Å². The number of unbranched alkanes of at least 4 members (excludes halogenated alkanes) is 1. The van der Waals surface area contributed by atoms with Crippen molar-refractivity contribution in [2.24, 2.45) is 17.1 Å². The van der Waals surface area contributed by atoms with Crippen LogP contribution < -0.4 is 32.3 Å². The van der Waals surface area contributed by atoms with Crippen LogP contribution in [0, 0.1) is 11.3 Å². The molecule has 60 heavy (non-hydrogen) atoms. The van der Waals surface area contributed by atoms with Crippen LogP contribution in [-0.4, -0.2) is 118 Å². The van der Waals surface area contributed by atoms with Crippen molar-refractivity contribution in [3.8, 4) is 0 Å². The highest BCUT2D eigenvalue weighted by Gasteiger charge is 2.33. The summed E-state index contributed by atoms with van der Waals surface area (Å²) in [7, 11) is 0. The maximum absolute atomic E-state index is 13.5. The second kappa shape index (κ2) is 27.4. The number of urea groups is 1.